The molecular weight excluding hydrogens is 174 g/mol. The van der Waals surface area contributed by atoms with Crippen molar-refractivity contribution in [2.45, 2.75) is 6.04 Å². The monoisotopic (exact) mass is 183 g/mol. The van der Waals surface area contributed by atoms with Gasteiger partial charge in [0.25, 0.3) is 0 Å². The van der Waals surface area contributed by atoms with E-state index >= 15 is 0 Å². The molecular formula is C11H9N3. The highest BCUT2D eigenvalue weighted by Gasteiger charge is 2.04. The molecule has 3 nitrogen and oxygen atoms in total. The first kappa shape index (κ1) is 8.67. The van der Waals surface area contributed by atoms with E-state index in [1.807, 2.05) is 36.4 Å². The topological polar surface area (TPSA) is 62.7 Å². The lowest BCUT2D eigenvalue weighted by Crippen LogP contribution is -2.06. The van der Waals surface area contributed by atoms with E-state index in [0.29, 0.717) is 0 Å². The van der Waals surface area contributed by atoms with Gasteiger partial charge in [0, 0.05) is 11.6 Å². The summed E-state index contributed by atoms with van der Waals surface area (Å²) in [7, 11) is 0. The summed E-state index contributed by atoms with van der Waals surface area (Å²) in [4.78, 5) is 4.18. The Balaban J connectivity index is 2.58. The molecule has 0 aliphatic carbocycles. The summed E-state index contributed by atoms with van der Waals surface area (Å²) in [6.07, 6.45) is 1.74. The van der Waals surface area contributed by atoms with Gasteiger partial charge in [-0.15, -0.1) is 0 Å². The lowest BCUT2D eigenvalue weighted by molar-refractivity contribution is 0.928. The number of hydrogen-bond acceptors (Lipinski definition) is 3. The van der Waals surface area contributed by atoms with Crippen molar-refractivity contribution >= 4 is 10.9 Å². The van der Waals surface area contributed by atoms with Crippen molar-refractivity contribution < 1.29 is 0 Å². The van der Waals surface area contributed by atoms with Crippen LogP contribution in [0.5, 0.6) is 0 Å². The summed E-state index contributed by atoms with van der Waals surface area (Å²) in [5, 5.41) is 9.68. The second-order valence-corrected chi connectivity index (χ2v) is 3.06. The van der Waals surface area contributed by atoms with Crippen LogP contribution in [-0.4, -0.2) is 4.98 Å². The molecule has 0 aliphatic heterocycles. The van der Waals surface area contributed by atoms with Crippen molar-refractivity contribution in [3.8, 4) is 6.07 Å². The SMILES string of the molecule is N#CC(N)c1ccc2ncccc2c1. The Morgan fingerprint density at radius 2 is 2.21 bits per heavy atom. The maximum Gasteiger partial charge on any atom is 0.118 e. The molecule has 0 saturated heterocycles. The first-order valence-corrected chi connectivity index (χ1v) is 4.31. The fourth-order valence-electron chi connectivity index (χ4n) is 1.36. The van der Waals surface area contributed by atoms with Crippen LogP contribution in [0, 0.1) is 11.3 Å². The smallest absolute Gasteiger partial charge is 0.118 e. The van der Waals surface area contributed by atoms with Crippen LogP contribution in [0.15, 0.2) is 36.5 Å². The number of aromatic nitrogens is 1. The van der Waals surface area contributed by atoms with E-state index in [-0.39, 0.29) is 0 Å². The fraction of sp³-hybridized carbons (Fsp3) is 0.0909. The Morgan fingerprint density at radius 1 is 1.36 bits per heavy atom. The van der Waals surface area contributed by atoms with Crippen LogP contribution in [0.3, 0.4) is 0 Å². The van der Waals surface area contributed by atoms with Gasteiger partial charge < -0.3 is 5.73 Å². The summed E-state index contributed by atoms with van der Waals surface area (Å²) in [5.74, 6) is 0. The van der Waals surface area contributed by atoms with Crippen LogP contribution in [0.2, 0.25) is 0 Å². The predicted octanol–water partition coefficient (Wildman–Crippen LogP) is 1.76. The lowest BCUT2D eigenvalue weighted by atomic mass is 10.1. The van der Waals surface area contributed by atoms with Gasteiger partial charge in [-0.1, -0.05) is 12.1 Å². The molecule has 0 saturated carbocycles. The molecule has 0 spiro atoms. The van der Waals surface area contributed by atoms with Gasteiger partial charge in [0.1, 0.15) is 6.04 Å². The predicted molar refractivity (Wildman–Crippen MR) is 54.3 cm³/mol. The minimum absolute atomic E-state index is 0.556. The van der Waals surface area contributed by atoms with Crippen molar-refractivity contribution in [1.82, 2.24) is 4.98 Å². The largest absolute Gasteiger partial charge is 0.312 e. The molecule has 2 N–H and O–H groups in total. The van der Waals surface area contributed by atoms with Gasteiger partial charge in [0.05, 0.1) is 11.6 Å². The van der Waals surface area contributed by atoms with E-state index in [4.69, 9.17) is 11.0 Å². The highest BCUT2D eigenvalue weighted by molar-refractivity contribution is 5.79. The van der Waals surface area contributed by atoms with E-state index in [1.54, 1.807) is 6.20 Å². The zero-order valence-corrected chi connectivity index (χ0v) is 7.51. The maximum atomic E-state index is 8.67. The number of pyridine rings is 1. The summed E-state index contributed by atoms with van der Waals surface area (Å²) in [6.45, 7) is 0. The Bertz CT molecular complexity index is 499. The summed E-state index contributed by atoms with van der Waals surface area (Å²) in [5.41, 5.74) is 7.35. The number of nitriles is 1. The number of nitrogens with zero attached hydrogens (tertiary/aromatic N) is 2. The molecule has 1 atom stereocenters. The van der Waals surface area contributed by atoms with Crippen molar-refractivity contribution in [2.75, 3.05) is 0 Å². The number of nitrogens with two attached hydrogens (primary N) is 1. The fourth-order valence-corrected chi connectivity index (χ4v) is 1.36. The van der Waals surface area contributed by atoms with Gasteiger partial charge in [0.15, 0.2) is 0 Å². The Hall–Kier alpha value is -1.92. The Kier molecular flexibility index (Phi) is 2.13. The Morgan fingerprint density at radius 3 is 3.00 bits per heavy atom. The number of rotatable bonds is 1. The number of fused-ring (bicyclic) bond motifs is 1. The van der Waals surface area contributed by atoms with E-state index in [1.165, 1.54) is 0 Å². The highest BCUT2D eigenvalue weighted by atomic mass is 14.7. The first-order valence-electron chi connectivity index (χ1n) is 4.31. The minimum Gasteiger partial charge on any atom is -0.312 e. The number of hydrogen-bond donors (Lipinski definition) is 1. The van der Waals surface area contributed by atoms with Crippen LogP contribution in [-0.2, 0) is 0 Å². The molecule has 0 aliphatic rings. The molecule has 3 heteroatoms. The quantitative estimate of drug-likeness (QED) is 0.732. The van der Waals surface area contributed by atoms with E-state index < -0.39 is 6.04 Å². The summed E-state index contributed by atoms with van der Waals surface area (Å²) in [6, 6.07) is 10.9. The van der Waals surface area contributed by atoms with Gasteiger partial charge in [-0.05, 0) is 23.8 Å². The average molecular weight is 183 g/mol. The summed E-state index contributed by atoms with van der Waals surface area (Å²) < 4.78 is 0. The molecule has 14 heavy (non-hydrogen) atoms. The number of benzene rings is 1. The van der Waals surface area contributed by atoms with Crippen molar-refractivity contribution in [3.63, 3.8) is 0 Å². The van der Waals surface area contributed by atoms with Crippen molar-refractivity contribution in [2.24, 2.45) is 5.73 Å². The molecule has 0 amide bonds. The average Bonchev–Trinajstić information content (AvgIpc) is 2.27. The van der Waals surface area contributed by atoms with Crippen LogP contribution in [0.25, 0.3) is 10.9 Å². The molecule has 1 aromatic heterocycles. The molecule has 1 aromatic carbocycles. The van der Waals surface area contributed by atoms with E-state index in [9.17, 15) is 0 Å². The van der Waals surface area contributed by atoms with Gasteiger partial charge in [-0.2, -0.15) is 5.26 Å². The molecule has 0 fully saturated rings. The maximum absolute atomic E-state index is 8.67. The molecule has 2 rings (SSSR count). The first-order chi connectivity index (χ1) is 6.81. The van der Waals surface area contributed by atoms with Gasteiger partial charge in [-0.25, -0.2) is 0 Å². The Labute approximate surface area is 81.8 Å². The normalized spacial score (nSPS) is 12.3. The third kappa shape index (κ3) is 1.43. The van der Waals surface area contributed by atoms with Gasteiger partial charge in [-0.3, -0.25) is 4.98 Å². The third-order valence-electron chi connectivity index (χ3n) is 2.13. The molecule has 0 radical (unpaired) electrons. The highest BCUT2D eigenvalue weighted by Crippen LogP contribution is 2.16. The van der Waals surface area contributed by atoms with Crippen LogP contribution in [0.1, 0.15) is 11.6 Å². The van der Waals surface area contributed by atoms with Crippen LogP contribution < -0.4 is 5.73 Å². The molecule has 68 valence electrons. The zero-order chi connectivity index (χ0) is 9.97. The molecule has 0 bridgehead atoms. The second kappa shape index (κ2) is 3.44. The van der Waals surface area contributed by atoms with Gasteiger partial charge in [0.2, 0.25) is 0 Å². The third-order valence-corrected chi connectivity index (χ3v) is 2.13. The van der Waals surface area contributed by atoms with Crippen molar-refractivity contribution in [1.29, 1.82) is 5.26 Å². The van der Waals surface area contributed by atoms with Crippen LogP contribution in [0.4, 0.5) is 0 Å². The van der Waals surface area contributed by atoms with Gasteiger partial charge >= 0.3 is 0 Å². The standard InChI is InChI=1S/C11H9N3/c12-7-10(13)8-3-4-11-9(6-8)2-1-5-14-11/h1-6,10H,13H2. The summed E-state index contributed by atoms with van der Waals surface area (Å²) >= 11 is 0. The second-order valence-electron chi connectivity index (χ2n) is 3.06. The van der Waals surface area contributed by atoms with Crippen LogP contribution >= 0.6 is 0 Å². The zero-order valence-electron chi connectivity index (χ0n) is 7.51. The van der Waals surface area contributed by atoms with Crippen molar-refractivity contribution in [3.05, 3.63) is 42.1 Å². The van der Waals surface area contributed by atoms with E-state index in [2.05, 4.69) is 4.98 Å². The molecule has 2 aromatic rings. The molecule has 1 unspecified atom stereocenters. The molecule has 1 heterocycles. The minimum atomic E-state index is -0.556. The lowest BCUT2D eigenvalue weighted by Gasteiger charge is -2.03. The van der Waals surface area contributed by atoms with E-state index in [0.717, 1.165) is 16.5 Å².